The van der Waals surface area contributed by atoms with Crippen LogP contribution in [-0.4, -0.2) is 23.3 Å². The van der Waals surface area contributed by atoms with Crippen LogP contribution in [0.1, 0.15) is 25.7 Å². The second-order valence-corrected chi connectivity index (χ2v) is 5.09. The fraction of sp³-hybridized carbons (Fsp3) is 0.429. The van der Waals surface area contributed by atoms with Gasteiger partial charge < -0.3 is 9.73 Å². The van der Waals surface area contributed by atoms with E-state index in [0.717, 1.165) is 37.4 Å². The molecule has 94 valence electrons. The average Bonchev–Trinajstić information content (AvgIpc) is 2.91. The third kappa shape index (κ3) is 2.04. The molecule has 3 rings (SSSR count). The molecule has 1 aliphatic rings. The van der Waals surface area contributed by atoms with E-state index in [9.17, 15) is 0 Å². The Morgan fingerprint density at radius 1 is 1.11 bits per heavy atom. The number of rotatable bonds is 2. The Kier molecular flexibility index (Phi) is 2.88. The van der Waals surface area contributed by atoms with Gasteiger partial charge in [-0.15, -0.1) is 10.2 Å². The van der Waals surface area contributed by atoms with Crippen LogP contribution in [-0.2, 0) is 5.41 Å². The highest BCUT2D eigenvalue weighted by Gasteiger charge is 2.34. The molecule has 1 N–H and O–H groups in total. The van der Waals surface area contributed by atoms with E-state index in [1.54, 1.807) is 0 Å². The summed E-state index contributed by atoms with van der Waals surface area (Å²) in [6, 6.07) is 9.91. The summed E-state index contributed by atoms with van der Waals surface area (Å²) in [6.45, 7) is 4.23. The molecule has 0 spiro atoms. The first kappa shape index (κ1) is 11.4. The van der Waals surface area contributed by atoms with Gasteiger partial charge in [-0.3, -0.25) is 0 Å². The van der Waals surface area contributed by atoms with Crippen LogP contribution < -0.4 is 5.32 Å². The molecule has 2 aromatic rings. The SMILES string of the molecule is CC1(c2nnc(-c3ccccc3)o2)CCNCC1. The van der Waals surface area contributed by atoms with E-state index in [1.165, 1.54) is 0 Å². The molecule has 0 aliphatic carbocycles. The Hall–Kier alpha value is -1.68. The highest BCUT2D eigenvalue weighted by atomic mass is 16.4. The van der Waals surface area contributed by atoms with E-state index in [0.29, 0.717) is 5.89 Å². The fourth-order valence-corrected chi connectivity index (χ4v) is 2.36. The second-order valence-electron chi connectivity index (χ2n) is 5.09. The Labute approximate surface area is 106 Å². The lowest BCUT2D eigenvalue weighted by Gasteiger charge is -2.30. The standard InChI is InChI=1S/C14H17N3O/c1-14(7-9-15-10-8-14)13-17-16-12(18-13)11-5-3-2-4-6-11/h2-6,15H,7-10H2,1H3. The summed E-state index contributed by atoms with van der Waals surface area (Å²) < 4.78 is 5.86. The Morgan fingerprint density at radius 3 is 2.56 bits per heavy atom. The second kappa shape index (κ2) is 4.53. The summed E-state index contributed by atoms with van der Waals surface area (Å²) >= 11 is 0. The van der Waals surface area contributed by atoms with Gasteiger partial charge in [-0.25, -0.2) is 0 Å². The van der Waals surface area contributed by atoms with Gasteiger partial charge in [-0.2, -0.15) is 0 Å². The molecule has 1 saturated heterocycles. The summed E-state index contributed by atoms with van der Waals surface area (Å²) in [7, 11) is 0. The predicted molar refractivity (Wildman–Crippen MR) is 69.2 cm³/mol. The topological polar surface area (TPSA) is 51.0 Å². The van der Waals surface area contributed by atoms with Gasteiger partial charge in [-0.1, -0.05) is 25.1 Å². The number of nitrogens with zero attached hydrogens (tertiary/aromatic N) is 2. The number of hydrogen-bond donors (Lipinski definition) is 1. The third-order valence-electron chi connectivity index (χ3n) is 3.67. The fourth-order valence-electron chi connectivity index (χ4n) is 2.36. The summed E-state index contributed by atoms with van der Waals surface area (Å²) in [5.41, 5.74) is 0.999. The maximum Gasteiger partial charge on any atom is 0.247 e. The predicted octanol–water partition coefficient (Wildman–Crippen LogP) is 2.38. The molecule has 18 heavy (non-hydrogen) atoms. The quantitative estimate of drug-likeness (QED) is 0.879. The normalized spacial score (nSPS) is 18.7. The van der Waals surface area contributed by atoms with Crippen molar-refractivity contribution in [1.82, 2.24) is 15.5 Å². The molecule has 0 amide bonds. The van der Waals surface area contributed by atoms with Crippen molar-refractivity contribution >= 4 is 0 Å². The molecule has 1 fully saturated rings. The Balaban J connectivity index is 1.89. The molecule has 0 unspecified atom stereocenters. The maximum absolute atomic E-state index is 5.86. The minimum atomic E-state index is 0.0191. The molecule has 4 nitrogen and oxygen atoms in total. The van der Waals surface area contributed by atoms with Crippen LogP contribution in [0.3, 0.4) is 0 Å². The lowest BCUT2D eigenvalue weighted by Crippen LogP contribution is -2.37. The molecule has 0 radical (unpaired) electrons. The molecule has 1 aromatic carbocycles. The van der Waals surface area contributed by atoms with Gasteiger partial charge in [0.1, 0.15) is 0 Å². The molecular formula is C14H17N3O. The molecular weight excluding hydrogens is 226 g/mol. The van der Waals surface area contributed by atoms with Gasteiger partial charge >= 0.3 is 0 Å². The van der Waals surface area contributed by atoms with Crippen molar-refractivity contribution in [2.24, 2.45) is 0 Å². The Bertz CT molecular complexity index is 515. The maximum atomic E-state index is 5.86. The van der Waals surface area contributed by atoms with Crippen LogP contribution >= 0.6 is 0 Å². The zero-order chi connectivity index (χ0) is 12.4. The first-order valence-electron chi connectivity index (χ1n) is 6.38. The van der Waals surface area contributed by atoms with E-state index >= 15 is 0 Å². The van der Waals surface area contributed by atoms with Crippen molar-refractivity contribution in [2.45, 2.75) is 25.2 Å². The summed E-state index contributed by atoms with van der Waals surface area (Å²) in [6.07, 6.45) is 2.09. The smallest absolute Gasteiger partial charge is 0.247 e. The molecule has 4 heteroatoms. The zero-order valence-electron chi connectivity index (χ0n) is 10.5. The summed E-state index contributed by atoms with van der Waals surface area (Å²) in [5.74, 6) is 1.38. The van der Waals surface area contributed by atoms with Gasteiger partial charge in [0, 0.05) is 11.0 Å². The van der Waals surface area contributed by atoms with Crippen molar-refractivity contribution < 1.29 is 4.42 Å². The van der Waals surface area contributed by atoms with Gasteiger partial charge in [-0.05, 0) is 38.1 Å². The van der Waals surface area contributed by atoms with Crippen LogP contribution in [0.25, 0.3) is 11.5 Å². The van der Waals surface area contributed by atoms with Crippen molar-refractivity contribution in [2.75, 3.05) is 13.1 Å². The highest BCUT2D eigenvalue weighted by Crippen LogP contribution is 2.33. The first-order valence-corrected chi connectivity index (χ1v) is 6.38. The average molecular weight is 243 g/mol. The minimum Gasteiger partial charge on any atom is -0.420 e. The number of piperidine rings is 1. The number of hydrogen-bond acceptors (Lipinski definition) is 4. The molecule has 1 aliphatic heterocycles. The van der Waals surface area contributed by atoms with Gasteiger partial charge in [0.05, 0.1) is 0 Å². The molecule has 0 atom stereocenters. The monoisotopic (exact) mass is 243 g/mol. The van der Waals surface area contributed by atoms with Crippen molar-refractivity contribution in [1.29, 1.82) is 0 Å². The van der Waals surface area contributed by atoms with E-state index < -0.39 is 0 Å². The lowest BCUT2D eigenvalue weighted by molar-refractivity contribution is 0.271. The Morgan fingerprint density at radius 2 is 1.83 bits per heavy atom. The molecule has 0 saturated carbocycles. The lowest BCUT2D eigenvalue weighted by atomic mass is 9.81. The molecule has 2 heterocycles. The van der Waals surface area contributed by atoms with Crippen molar-refractivity contribution in [3.05, 3.63) is 36.2 Å². The van der Waals surface area contributed by atoms with E-state index in [4.69, 9.17) is 4.42 Å². The van der Waals surface area contributed by atoms with Crippen LogP contribution in [0.4, 0.5) is 0 Å². The largest absolute Gasteiger partial charge is 0.420 e. The van der Waals surface area contributed by atoms with Gasteiger partial charge in [0.25, 0.3) is 0 Å². The first-order chi connectivity index (χ1) is 8.78. The van der Waals surface area contributed by atoms with Crippen molar-refractivity contribution in [3.63, 3.8) is 0 Å². The van der Waals surface area contributed by atoms with Crippen LogP contribution in [0.5, 0.6) is 0 Å². The highest BCUT2D eigenvalue weighted by molar-refractivity contribution is 5.51. The van der Waals surface area contributed by atoms with Crippen LogP contribution in [0, 0.1) is 0 Å². The molecule has 1 aromatic heterocycles. The van der Waals surface area contributed by atoms with E-state index in [1.807, 2.05) is 30.3 Å². The van der Waals surface area contributed by atoms with Crippen LogP contribution in [0.15, 0.2) is 34.7 Å². The van der Waals surface area contributed by atoms with Gasteiger partial charge in [0.15, 0.2) is 0 Å². The zero-order valence-corrected chi connectivity index (χ0v) is 10.5. The van der Waals surface area contributed by atoms with E-state index in [2.05, 4.69) is 22.4 Å². The number of benzene rings is 1. The third-order valence-corrected chi connectivity index (χ3v) is 3.67. The molecule has 0 bridgehead atoms. The van der Waals surface area contributed by atoms with E-state index in [-0.39, 0.29) is 5.41 Å². The number of nitrogens with one attached hydrogen (secondary N) is 1. The van der Waals surface area contributed by atoms with Crippen molar-refractivity contribution in [3.8, 4) is 11.5 Å². The minimum absolute atomic E-state index is 0.0191. The van der Waals surface area contributed by atoms with Crippen LogP contribution in [0.2, 0.25) is 0 Å². The number of aromatic nitrogens is 2. The summed E-state index contributed by atoms with van der Waals surface area (Å²) in [5, 5.41) is 11.8. The summed E-state index contributed by atoms with van der Waals surface area (Å²) in [4.78, 5) is 0. The van der Waals surface area contributed by atoms with Gasteiger partial charge in [0.2, 0.25) is 11.8 Å².